The highest BCUT2D eigenvalue weighted by molar-refractivity contribution is 5.20. The van der Waals surface area contributed by atoms with E-state index in [1.807, 2.05) is 13.8 Å². The van der Waals surface area contributed by atoms with Gasteiger partial charge in [-0.2, -0.15) is 0 Å². The molecule has 1 aliphatic rings. The summed E-state index contributed by atoms with van der Waals surface area (Å²) in [6.45, 7) is 10.4. The van der Waals surface area contributed by atoms with Crippen LogP contribution in [0.15, 0.2) is 4.79 Å². The molecule has 0 aromatic carbocycles. The minimum Gasteiger partial charge on any atom is -0.310 e. The first-order valence-electron chi connectivity index (χ1n) is 7.65. The van der Waals surface area contributed by atoms with Crippen LogP contribution >= 0.6 is 0 Å². The lowest BCUT2D eigenvalue weighted by Gasteiger charge is -2.40. The third kappa shape index (κ3) is 3.11. The molecule has 2 atom stereocenters. The summed E-state index contributed by atoms with van der Waals surface area (Å²) < 4.78 is 0. The molecule has 0 amide bonds. The molecule has 0 bridgehead atoms. The van der Waals surface area contributed by atoms with E-state index in [1.165, 1.54) is 25.7 Å². The fourth-order valence-corrected chi connectivity index (χ4v) is 3.43. The molecule has 1 aromatic heterocycles. The normalized spacial score (nSPS) is 23.6. The van der Waals surface area contributed by atoms with E-state index in [4.69, 9.17) is 0 Å². The smallest absolute Gasteiger partial charge is 0.255 e. The molecule has 112 valence electrons. The molecular weight excluding hydrogens is 250 g/mol. The number of hydrogen-bond acceptors (Lipinski definition) is 3. The summed E-state index contributed by atoms with van der Waals surface area (Å²) in [5.74, 6) is 0.682. The van der Waals surface area contributed by atoms with E-state index < -0.39 is 0 Å². The van der Waals surface area contributed by atoms with Gasteiger partial charge in [0.15, 0.2) is 0 Å². The minimum absolute atomic E-state index is 0.0105. The number of hydrogen-bond donors (Lipinski definition) is 2. The molecule has 0 radical (unpaired) electrons. The van der Waals surface area contributed by atoms with Crippen LogP contribution < -0.4 is 10.9 Å². The van der Waals surface area contributed by atoms with E-state index in [1.54, 1.807) is 0 Å². The monoisotopic (exact) mass is 277 g/mol. The average molecular weight is 277 g/mol. The molecule has 2 unspecified atom stereocenters. The van der Waals surface area contributed by atoms with Crippen LogP contribution in [0.25, 0.3) is 0 Å². The molecule has 0 saturated heterocycles. The number of aryl methyl sites for hydroxylation is 2. The van der Waals surface area contributed by atoms with Crippen molar-refractivity contribution < 1.29 is 0 Å². The maximum atomic E-state index is 12.2. The molecule has 1 saturated carbocycles. The van der Waals surface area contributed by atoms with E-state index in [0.29, 0.717) is 17.3 Å². The summed E-state index contributed by atoms with van der Waals surface area (Å²) >= 11 is 0. The van der Waals surface area contributed by atoms with Crippen molar-refractivity contribution in [1.82, 2.24) is 15.3 Å². The maximum absolute atomic E-state index is 12.2. The Labute approximate surface area is 121 Å². The van der Waals surface area contributed by atoms with Gasteiger partial charge in [0.25, 0.3) is 5.56 Å². The fourth-order valence-electron chi connectivity index (χ4n) is 3.43. The molecule has 20 heavy (non-hydrogen) atoms. The Bertz CT molecular complexity index is 533. The third-order valence-corrected chi connectivity index (χ3v) is 4.66. The second-order valence-electron chi connectivity index (χ2n) is 6.83. The molecule has 2 rings (SSSR count). The number of aromatic nitrogens is 2. The van der Waals surface area contributed by atoms with Crippen molar-refractivity contribution in [3.05, 3.63) is 27.4 Å². The predicted octanol–water partition coefficient (Wildman–Crippen LogP) is 3.01. The van der Waals surface area contributed by atoms with E-state index in [0.717, 1.165) is 11.3 Å². The molecular formula is C16H27N3O. The largest absolute Gasteiger partial charge is 0.310 e. The Morgan fingerprint density at radius 1 is 1.35 bits per heavy atom. The predicted molar refractivity (Wildman–Crippen MR) is 81.9 cm³/mol. The lowest BCUT2D eigenvalue weighted by Crippen LogP contribution is -2.46. The van der Waals surface area contributed by atoms with Crippen LogP contribution in [-0.4, -0.2) is 16.0 Å². The molecule has 0 spiro atoms. The number of rotatable bonds is 3. The summed E-state index contributed by atoms with van der Waals surface area (Å²) in [5.41, 5.74) is 1.89. The first-order valence-corrected chi connectivity index (χ1v) is 7.65. The molecule has 1 aromatic rings. The number of H-pyrrole nitrogens is 1. The Kier molecular flexibility index (Phi) is 4.33. The molecule has 1 heterocycles. The SMILES string of the molecule is Cc1nc(C)c(C(C)NC2CCCCC2(C)C)c(=O)[nH]1. The summed E-state index contributed by atoms with van der Waals surface area (Å²) in [4.78, 5) is 19.4. The van der Waals surface area contributed by atoms with Gasteiger partial charge in [-0.25, -0.2) is 4.98 Å². The van der Waals surface area contributed by atoms with Gasteiger partial charge in [-0.05, 0) is 39.0 Å². The number of nitrogens with zero attached hydrogens (tertiary/aromatic N) is 1. The standard InChI is InChI=1S/C16H27N3O/c1-10-14(15(20)19-12(3)17-10)11(2)18-13-8-6-7-9-16(13,4)5/h11,13,18H,6-9H2,1-5H3,(H,17,19,20). The quantitative estimate of drug-likeness (QED) is 0.893. The van der Waals surface area contributed by atoms with Crippen LogP contribution in [0.5, 0.6) is 0 Å². The van der Waals surface area contributed by atoms with Crippen LogP contribution in [0.4, 0.5) is 0 Å². The molecule has 2 N–H and O–H groups in total. The zero-order valence-corrected chi connectivity index (χ0v) is 13.3. The Morgan fingerprint density at radius 2 is 2.05 bits per heavy atom. The average Bonchev–Trinajstić information content (AvgIpc) is 2.30. The van der Waals surface area contributed by atoms with Gasteiger partial charge in [-0.1, -0.05) is 26.7 Å². The van der Waals surface area contributed by atoms with Crippen LogP contribution in [-0.2, 0) is 0 Å². The van der Waals surface area contributed by atoms with Crippen molar-refractivity contribution in [2.24, 2.45) is 5.41 Å². The summed E-state index contributed by atoms with van der Waals surface area (Å²) in [5, 5.41) is 3.67. The van der Waals surface area contributed by atoms with Crippen molar-refractivity contribution in [3.63, 3.8) is 0 Å². The van der Waals surface area contributed by atoms with Gasteiger partial charge < -0.3 is 10.3 Å². The van der Waals surface area contributed by atoms with Gasteiger partial charge in [0.05, 0.1) is 5.56 Å². The van der Waals surface area contributed by atoms with Crippen molar-refractivity contribution in [2.45, 2.75) is 72.4 Å². The molecule has 1 aliphatic carbocycles. The highest BCUT2D eigenvalue weighted by Gasteiger charge is 2.33. The molecule has 4 heteroatoms. The first kappa shape index (κ1) is 15.2. The van der Waals surface area contributed by atoms with Crippen LogP contribution in [0.2, 0.25) is 0 Å². The van der Waals surface area contributed by atoms with Crippen molar-refractivity contribution in [3.8, 4) is 0 Å². The summed E-state index contributed by atoms with van der Waals surface area (Å²) in [6.07, 6.45) is 5.02. The Hall–Kier alpha value is -1.16. The van der Waals surface area contributed by atoms with Gasteiger partial charge in [-0.15, -0.1) is 0 Å². The Morgan fingerprint density at radius 3 is 2.65 bits per heavy atom. The third-order valence-electron chi connectivity index (χ3n) is 4.66. The van der Waals surface area contributed by atoms with Crippen molar-refractivity contribution in [2.75, 3.05) is 0 Å². The van der Waals surface area contributed by atoms with Crippen LogP contribution in [0.1, 0.15) is 69.6 Å². The van der Waals surface area contributed by atoms with Crippen LogP contribution in [0.3, 0.4) is 0 Å². The van der Waals surface area contributed by atoms with Gasteiger partial charge >= 0.3 is 0 Å². The van der Waals surface area contributed by atoms with Gasteiger partial charge in [-0.3, -0.25) is 4.79 Å². The van der Waals surface area contributed by atoms with E-state index >= 15 is 0 Å². The lowest BCUT2D eigenvalue weighted by atomic mass is 9.73. The van der Waals surface area contributed by atoms with Crippen molar-refractivity contribution >= 4 is 0 Å². The highest BCUT2D eigenvalue weighted by atomic mass is 16.1. The maximum Gasteiger partial charge on any atom is 0.255 e. The fraction of sp³-hybridized carbons (Fsp3) is 0.750. The van der Waals surface area contributed by atoms with Gasteiger partial charge in [0.2, 0.25) is 0 Å². The highest BCUT2D eigenvalue weighted by Crippen LogP contribution is 2.36. The molecule has 1 fully saturated rings. The van der Waals surface area contributed by atoms with Gasteiger partial charge in [0, 0.05) is 17.8 Å². The number of nitrogens with one attached hydrogen (secondary N) is 2. The minimum atomic E-state index is -0.0105. The summed E-state index contributed by atoms with van der Waals surface area (Å²) in [6, 6.07) is 0.501. The molecule has 4 nitrogen and oxygen atoms in total. The van der Waals surface area contributed by atoms with E-state index in [9.17, 15) is 4.79 Å². The molecule has 0 aliphatic heterocycles. The zero-order chi connectivity index (χ0) is 14.9. The zero-order valence-electron chi connectivity index (χ0n) is 13.3. The second-order valence-corrected chi connectivity index (χ2v) is 6.83. The topological polar surface area (TPSA) is 57.8 Å². The summed E-state index contributed by atoms with van der Waals surface area (Å²) in [7, 11) is 0. The first-order chi connectivity index (χ1) is 9.31. The lowest BCUT2D eigenvalue weighted by molar-refractivity contribution is 0.157. The van der Waals surface area contributed by atoms with E-state index in [-0.39, 0.29) is 11.6 Å². The Balaban J connectivity index is 2.20. The van der Waals surface area contributed by atoms with Crippen molar-refractivity contribution in [1.29, 1.82) is 0 Å². The number of aromatic amines is 1. The van der Waals surface area contributed by atoms with E-state index in [2.05, 4.69) is 36.1 Å². The van der Waals surface area contributed by atoms with Crippen LogP contribution in [0, 0.1) is 19.3 Å². The van der Waals surface area contributed by atoms with Gasteiger partial charge in [0.1, 0.15) is 5.82 Å². The second kappa shape index (κ2) is 5.68.